The van der Waals surface area contributed by atoms with Crippen molar-refractivity contribution < 1.29 is 9.53 Å². The molecule has 1 aliphatic rings. The van der Waals surface area contributed by atoms with Crippen LogP contribution < -0.4 is 11.1 Å². The van der Waals surface area contributed by atoms with Crippen LogP contribution in [0.25, 0.3) is 33.3 Å². The predicted octanol–water partition coefficient (Wildman–Crippen LogP) is 4.92. The van der Waals surface area contributed by atoms with Crippen molar-refractivity contribution in [3.05, 3.63) is 90.1 Å². The number of allylic oxidation sites excluding steroid dienone is 1. The Balaban J connectivity index is 1.42. The number of aromatic amines is 1. The van der Waals surface area contributed by atoms with Crippen LogP contribution in [0.1, 0.15) is 11.1 Å². The number of aldehydes is 1. The van der Waals surface area contributed by atoms with Crippen LogP contribution in [0.15, 0.2) is 79.0 Å². The zero-order chi connectivity index (χ0) is 24.0. The fourth-order valence-corrected chi connectivity index (χ4v) is 4.65. The summed E-state index contributed by atoms with van der Waals surface area (Å²) in [5, 5.41) is 4.27. The van der Waals surface area contributed by atoms with E-state index in [1.165, 1.54) is 17.2 Å². The van der Waals surface area contributed by atoms with Crippen LogP contribution in [0.3, 0.4) is 0 Å². The molecule has 0 saturated carbocycles. The number of morpholine rings is 1. The molecule has 178 valence electrons. The molecule has 0 aliphatic carbocycles. The van der Waals surface area contributed by atoms with Gasteiger partial charge in [-0.25, -0.2) is 0 Å². The minimum absolute atomic E-state index is 0.417. The molecule has 1 aliphatic heterocycles. The molecule has 0 unspecified atom stereocenters. The third kappa shape index (κ3) is 5.20. The minimum atomic E-state index is 0.417. The second kappa shape index (κ2) is 10.7. The Bertz CT molecular complexity index is 1330. The van der Waals surface area contributed by atoms with Gasteiger partial charge in [0.25, 0.3) is 0 Å². The van der Waals surface area contributed by atoms with Gasteiger partial charge in [-0.3, -0.25) is 9.69 Å². The van der Waals surface area contributed by atoms with Crippen molar-refractivity contribution in [2.45, 2.75) is 13.1 Å². The molecule has 0 atom stereocenters. The number of hydrogen-bond acceptors (Lipinski definition) is 5. The Labute approximate surface area is 205 Å². The van der Waals surface area contributed by atoms with Crippen LogP contribution in [-0.4, -0.2) is 42.5 Å². The lowest BCUT2D eigenvalue weighted by Gasteiger charge is -2.26. The van der Waals surface area contributed by atoms with E-state index in [4.69, 9.17) is 10.5 Å². The highest BCUT2D eigenvalue weighted by atomic mass is 16.5. The van der Waals surface area contributed by atoms with E-state index in [2.05, 4.69) is 69.8 Å². The summed E-state index contributed by atoms with van der Waals surface area (Å²) in [5.41, 5.74) is 15.0. The summed E-state index contributed by atoms with van der Waals surface area (Å²) in [6.45, 7) is 4.99. The highest BCUT2D eigenvalue weighted by Crippen LogP contribution is 2.35. The van der Waals surface area contributed by atoms with Crippen molar-refractivity contribution in [2.75, 3.05) is 31.6 Å². The topological polar surface area (TPSA) is 83.4 Å². The van der Waals surface area contributed by atoms with Crippen LogP contribution >= 0.6 is 0 Å². The Hall–Kier alpha value is -3.71. The molecule has 1 aromatic heterocycles. The SMILES string of the molecule is NCc1cc(NC=CC=O)ccc1-c1cccc2[nH]c(-c3ccc(CN4CCOCC4)cc3)cc12. The van der Waals surface area contributed by atoms with Crippen LogP contribution in [-0.2, 0) is 22.6 Å². The van der Waals surface area contributed by atoms with E-state index in [1.54, 1.807) is 6.20 Å². The molecule has 1 saturated heterocycles. The minimum Gasteiger partial charge on any atom is -0.379 e. The third-order valence-electron chi connectivity index (χ3n) is 6.48. The summed E-state index contributed by atoms with van der Waals surface area (Å²) < 4.78 is 5.45. The van der Waals surface area contributed by atoms with Gasteiger partial charge in [0.05, 0.1) is 13.2 Å². The van der Waals surface area contributed by atoms with Gasteiger partial charge in [0.1, 0.15) is 6.29 Å². The molecule has 6 nitrogen and oxygen atoms in total. The largest absolute Gasteiger partial charge is 0.379 e. The van der Waals surface area contributed by atoms with Gasteiger partial charge in [0.2, 0.25) is 0 Å². The van der Waals surface area contributed by atoms with Gasteiger partial charge in [-0.05, 0) is 58.2 Å². The van der Waals surface area contributed by atoms with Crippen molar-refractivity contribution in [1.29, 1.82) is 0 Å². The first-order chi connectivity index (χ1) is 17.2. The quantitative estimate of drug-likeness (QED) is 0.254. The molecule has 4 N–H and O–H groups in total. The molecular weight excluding hydrogens is 436 g/mol. The molecule has 0 spiro atoms. The monoisotopic (exact) mass is 466 g/mol. The number of ether oxygens (including phenoxy) is 1. The van der Waals surface area contributed by atoms with E-state index in [1.807, 2.05) is 12.1 Å². The molecule has 0 amide bonds. The number of anilines is 1. The van der Waals surface area contributed by atoms with Gasteiger partial charge in [-0.1, -0.05) is 42.5 Å². The molecule has 5 rings (SSSR count). The maximum atomic E-state index is 10.5. The number of fused-ring (bicyclic) bond motifs is 1. The fourth-order valence-electron chi connectivity index (χ4n) is 4.65. The van der Waals surface area contributed by atoms with Crippen molar-refractivity contribution in [3.63, 3.8) is 0 Å². The van der Waals surface area contributed by atoms with Crippen LogP contribution in [0.4, 0.5) is 5.69 Å². The molecule has 0 radical (unpaired) electrons. The molecule has 6 heteroatoms. The lowest BCUT2D eigenvalue weighted by atomic mass is 9.96. The van der Waals surface area contributed by atoms with E-state index < -0.39 is 0 Å². The molecule has 0 bridgehead atoms. The maximum absolute atomic E-state index is 10.5. The first kappa shape index (κ1) is 23.1. The number of H-pyrrole nitrogens is 1. The first-order valence-electron chi connectivity index (χ1n) is 12.0. The van der Waals surface area contributed by atoms with Gasteiger partial charge in [-0.15, -0.1) is 0 Å². The van der Waals surface area contributed by atoms with Crippen molar-refractivity contribution in [3.8, 4) is 22.4 Å². The number of carbonyl (C=O) groups excluding carboxylic acids is 1. The normalized spacial score (nSPS) is 14.5. The summed E-state index contributed by atoms with van der Waals surface area (Å²) >= 11 is 0. The number of benzene rings is 3. The zero-order valence-electron chi connectivity index (χ0n) is 19.7. The summed E-state index contributed by atoms with van der Waals surface area (Å²) in [7, 11) is 0. The highest BCUT2D eigenvalue weighted by Gasteiger charge is 2.13. The van der Waals surface area contributed by atoms with Gasteiger partial charge < -0.3 is 20.8 Å². The smallest absolute Gasteiger partial charge is 0.144 e. The van der Waals surface area contributed by atoms with Gasteiger partial charge in [0, 0.05) is 54.7 Å². The second-order valence-corrected chi connectivity index (χ2v) is 8.75. The standard InChI is InChI=1S/C29H30N4O2/c30-19-23-17-24(31-11-2-14-34)9-10-25(23)26-3-1-4-28-27(26)18-29(32-28)22-7-5-21(6-8-22)20-33-12-15-35-16-13-33/h1-11,14,17-18,31-32H,12-13,15-16,19-20,30H2. The van der Waals surface area contributed by atoms with Gasteiger partial charge in [0.15, 0.2) is 0 Å². The lowest BCUT2D eigenvalue weighted by molar-refractivity contribution is -0.104. The Morgan fingerprint density at radius 1 is 1.00 bits per heavy atom. The fraction of sp³-hybridized carbons (Fsp3) is 0.207. The van der Waals surface area contributed by atoms with Crippen LogP contribution in [0.5, 0.6) is 0 Å². The number of nitrogens with zero attached hydrogens (tertiary/aromatic N) is 1. The summed E-state index contributed by atoms with van der Waals surface area (Å²) in [6.07, 6.45) is 3.79. The maximum Gasteiger partial charge on any atom is 0.144 e. The Morgan fingerprint density at radius 2 is 1.83 bits per heavy atom. The molecule has 1 fully saturated rings. The van der Waals surface area contributed by atoms with Gasteiger partial charge in [-0.2, -0.15) is 0 Å². The van der Waals surface area contributed by atoms with Crippen molar-refractivity contribution >= 4 is 22.9 Å². The molecule has 3 aromatic carbocycles. The Morgan fingerprint density at radius 3 is 2.60 bits per heavy atom. The van der Waals surface area contributed by atoms with E-state index in [0.29, 0.717) is 6.54 Å². The number of nitrogens with one attached hydrogen (secondary N) is 2. The van der Waals surface area contributed by atoms with Crippen LogP contribution in [0.2, 0.25) is 0 Å². The van der Waals surface area contributed by atoms with E-state index in [9.17, 15) is 4.79 Å². The predicted molar refractivity (Wildman–Crippen MR) is 142 cm³/mol. The van der Waals surface area contributed by atoms with Gasteiger partial charge >= 0.3 is 0 Å². The molecule has 4 aromatic rings. The average Bonchev–Trinajstić information content (AvgIpc) is 3.34. The number of aromatic nitrogens is 1. The average molecular weight is 467 g/mol. The summed E-state index contributed by atoms with van der Waals surface area (Å²) in [6, 6.07) is 23.5. The second-order valence-electron chi connectivity index (χ2n) is 8.75. The number of hydrogen-bond donors (Lipinski definition) is 3. The zero-order valence-corrected chi connectivity index (χ0v) is 19.7. The lowest BCUT2D eigenvalue weighted by Crippen LogP contribution is -2.35. The number of nitrogens with two attached hydrogens (primary N) is 1. The van der Waals surface area contributed by atoms with Crippen LogP contribution in [0, 0.1) is 0 Å². The third-order valence-corrected chi connectivity index (χ3v) is 6.48. The highest BCUT2D eigenvalue weighted by molar-refractivity contribution is 5.99. The van der Waals surface area contributed by atoms with Crippen molar-refractivity contribution in [1.82, 2.24) is 9.88 Å². The van der Waals surface area contributed by atoms with E-state index in [-0.39, 0.29) is 0 Å². The summed E-state index contributed by atoms with van der Waals surface area (Å²) in [4.78, 5) is 16.6. The summed E-state index contributed by atoms with van der Waals surface area (Å²) in [5.74, 6) is 0. The molecule has 35 heavy (non-hydrogen) atoms. The molecule has 2 heterocycles. The number of carbonyl (C=O) groups is 1. The first-order valence-corrected chi connectivity index (χ1v) is 12.0. The number of rotatable bonds is 8. The van der Waals surface area contributed by atoms with E-state index in [0.717, 1.165) is 78.1 Å². The van der Waals surface area contributed by atoms with E-state index >= 15 is 0 Å². The Kier molecular flexibility index (Phi) is 7.04. The molecular formula is C29H30N4O2. The van der Waals surface area contributed by atoms with Crippen molar-refractivity contribution in [2.24, 2.45) is 5.73 Å².